The van der Waals surface area contributed by atoms with Crippen molar-refractivity contribution in [3.63, 3.8) is 0 Å². The van der Waals surface area contributed by atoms with Gasteiger partial charge < -0.3 is 25.8 Å². The molecule has 0 saturated carbocycles. The number of nitrogens with zero attached hydrogens (tertiary/aromatic N) is 3. The summed E-state index contributed by atoms with van der Waals surface area (Å²) in [5, 5.41) is 20.6. The maximum absolute atomic E-state index is 13.7. The normalized spacial score (nSPS) is 11.9. The molecule has 2 aromatic carbocycles. The van der Waals surface area contributed by atoms with Gasteiger partial charge in [0.15, 0.2) is 0 Å². The number of hydrogen-bond donors (Lipinski definition) is 4. The molecule has 2 heterocycles. The van der Waals surface area contributed by atoms with E-state index < -0.39 is 23.9 Å². The highest BCUT2D eigenvalue weighted by molar-refractivity contribution is 6.16. The summed E-state index contributed by atoms with van der Waals surface area (Å²) < 4.78 is 74.5. The monoisotopic (exact) mass is 515 g/mol. The molecule has 0 bridgehead atoms. The summed E-state index contributed by atoms with van der Waals surface area (Å²) in [5.41, 5.74) is 6.61. The number of nitrogens with one attached hydrogen (secondary N) is 1. The number of aromatic nitrogens is 3. The molecular weight excluding hydrogens is 496 g/mol. The number of alkyl halides is 6. The Hall–Kier alpha value is -4.07. The lowest BCUT2D eigenvalue weighted by Crippen LogP contribution is -2.21. The average molecular weight is 515 g/mol. The predicted octanol–water partition coefficient (Wildman–Crippen LogP) is 4.43. The third-order valence-electron chi connectivity index (χ3n) is 5.00. The Morgan fingerprint density at radius 3 is 2.31 bits per heavy atom. The number of aliphatic carboxylic acids is 1. The summed E-state index contributed by atoms with van der Waals surface area (Å²) in [5.74, 6) is -2.34. The number of nitrogen functional groups attached to an aromatic ring is 1. The fourth-order valence-corrected chi connectivity index (χ4v) is 3.61. The number of carboxylic acids is 1. The fourth-order valence-electron chi connectivity index (χ4n) is 3.61. The molecule has 4 aromatic rings. The molecule has 0 fully saturated rings. The maximum Gasteiger partial charge on any atom is 0.490 e. The Labute approximate surface area is 199 Å². The second-order valence-electron chi connectivity index (χ2n) is 7.43. The number of nitrogens with two attached hydrogens (primary N) is 1. The summed E-state index contributed by atoms with van der Waals surface area (Å²) in [7, 11) is 1.77. The van der Waals surface area contributed by atoms with E-state index in [4.69, 9.17) is 20.7 Å². The van der Waals surface area contributed by atoms with Crippen LogP contribution in [-0.4, -0.2) is 50.0 Å². The van der Waals surface area contributed by atoms with Crippen molar-refractivity contribution >= 4 is 39.5 Å². The largest absolute Gasteiger partial charge is 0.490 e. The van der Waals surface area contributed by atoms with Crippen LogP contribution in [0.15, 0.2) is 42.6 Å². The zero-order valence-corrected chi connectivity index (χ0v) is 18.4. The van der Waals surface area contributed by atoms with E-state index in [2.05, 4.69) is 15.3 Å². The van der Waals surface area contributed by atoms with Crippen LogP contribution >= 0.6 is 0 Å². The first kappa shape index (κ1) is 26.5. The van der Waals surface area contributed by atoms with Crippen LogP contribution in [0.4, 0.5) is 38.1 Å². The van der Waals surface area contributed by atoms with E-state index >= 15 is 0 Å². The van der Waals surface area contributed by atoms with Gasteiger partial charge in [-0.2, -0.15) is 31.3 Å². The lowest BCUT2D eigenvalue weighted by molar-refractivity contribution is -0.192. The minimum Gasteiger partial charge on any atom is -0.475 e. The molecule has 0 saturated heterocycles. The first-order valence-electron chi connectivity index (χ1n) is 10.1. The number of carbonyl (C=O) groups is 1. The molecule has 5 N–H and O–H groups in total. The van der Waals surface area contributed by atoms with Crippen molar-refractivity contribution in [2.24, 2.45) is 7.05 Å². The van der Waals surface area contributed by atoms with Gasteiger partial charge in [-0.15, -0.1) is 0 Å². The average Bonchev–Trinajstić information content (AvgIpc) is 3.17. The van der Waals surface area contributed by atoms with Gasteiger partial charge in [-0.05, 0) is 23.8 Å². The van der Waals surface area contributed by atoms with E-state index in [1.54, 1.807) is 36.0 Å². The van der Waals surface area contributed by atoms with Crippen molar-refractivity contribution in [2.75, 3.05) is 24.2 Å². The molecule has 4 rings (SSSR count). The van der Waals surface area contributed by atoms with Gasteiger partial charge in [0, 0.05) is 30.7 Å². The van der Waals surface area contributed by atoms with Crippen molar-refractivity contribution < 1.29 is 41.4 Å². The van der Waals surface area contributed by atoms with Gasteiger partial charge in [0.05, 0.1) is 28.6 Å². The first-order chi connectivity index (χ1) is 16.8. The number of anilines is 2. The molecule has 14 heteroatoms. The number of hydrogen-bond acceptors (Lipinski definition) is 6. The summed E-state index contributed by atoms with van der Waals surface area (Å²) in [6.45, 7) is 0.138. The molecule has 36 heavy (non-hydrogen) atoms. The molecule has 0 aliphatic rings. The standard InChI is InChI=1S/C20H18F3N5O.C2HF3O2/c1-28-8-6-12-16-15(26-19(24)27-18(16)25-7-9-29)10-13(17(12)28)11-4-2-3-5-14(11)20(21,22)23;3-2(4,5)1(6)7/h2-6,8,10,29H,7,9H2,1H3,(H3,24,25,26,27);(H,6,7). The quantitative estimate of drug-likeness (QED) is 0.296. The third kappa shape index (κ3) is 5.43. The Morgan fingerprint density at radius 2 is 1.72 bits per heavy atom. The molecule has 0 amide bonds. The van der Waals surface area contributed by atoms with Crippen molar-refractivity contribution in [1.29, 1.82) is 0 Å². The van der Waals surface area contributed by atoms with Crippen LogP contribution in [0.25, 0.3) is 32.9 Å². The molecule has 0 aliphatic carbocycles. The van der Waals surface area contributed by atoms with Crippen molar-refractivity contribution in [3.05, 3.63) is 48.2 Å². The van der Waals surface area contributed by atoms with Crippen LogP contribution in [0.2, 0.25) is 0 Å². The van der Waals surface area contributed by atoms with Crippen LogP contribution in [0.5, 0.6) is 0 Å². The zero-order chi connectivity index (χ0) is 26.8. The highest BCUT2D eigenvalue weighted by Crippen LogP contribution is 2.42. The molecule has 8 nitrogen and oxygen atoms in total. The highest BCUT2D eigenvalue weighted by atomic mass is 19.4. The lowest BCUT2D eigenvalue weighted by Gasteiger charge is -2.16. The third-order valence-corrected chi connectivity index (χ3v) is 5.00. The Bertz CT molecular complexity index is 1420. The molecule has 0 spiro atoms. The van der Waals surface area contributed by atoms with Gasteiger partial charge in [0.25, 0.3) is 0 Å². The summed E-state index contributed by atoms with van der Waals surface area (Å²) in [6, 6.07) is 8.87. The Kier molecular flexibility index (Phi) is 7.29. The predicted molar refractivity (Wildman–Crippen MR) is 120 cm³/mol. The lowest BCUT2D eigenvalue weighted by atomic mass is 9.95. The minimum atomic E-state index is -5.08. The van der Waals surface area contributed by atoms with Crippen LogP contribution in [0.1, 0.15) is 5.56 Å². The van der Waals surface area contributed by atoms with E-state index in [1.807, 2.05) is 0 Å². The second kappa shape index (κ2) is 9.89. The molecule has 0 radical (unpaired) electrons. The number of aliphatic hydroxyl groups is 1. The van der Waals surface area contributed by atoms with Gasteiger partial charge in [-0.1, -0.05) is 18.2 Å². The van der Waals surface area contributed by atoms with Crippen LogP contribution in [-0.2, 0) is 18.0 Å². The van der Waals surface area contributed by atoms with Crippen molar-refractivity contribution in [3.8, 4) is 11.1 Å². The van der Waals surface area contributed by atoms with Crippen LogP contribution < -0.4 is 11.1 Å². The highest BCUT2D eigenvalue weighted by Gasteiger charge is 2.38. The number of aryl methyl sites for hydroxylation is 1. The number of carboxylic acid groups (broad SMARTS) is 1. The zero-order valence-electron chi connectivity index (χ0n) is 18.4. The van der Waals surface area contributed by atoms with Gasteiger partial charge in [0.2, 0.25) is 5.95 Å². The van der Waals surface area contributed by atoms with E-state index in [-0.39, 0.29) is 24.7 Å². The molecule has 2 aromatic heterocycles. The van der Waals surface area contributed by atoms with E-state index in [1.165, 1.54) is 12.1 Å². The number of benzene rings is 2. The molecule has 0 aliphatic heterocycles. The molecular formula is C22H19F6N5O3. The number of halogens is 6. The van der Waals surface area contributed by atoms with Crippen LogP contribution in [0.3, 0.4) is 0 Å². The fraction of sp³-hybridized carbons (Fsp3) is 0.227. The van der Waals surface area contributed by atoms with Gasteiger partial charge in [0.1, 0.15) is 5.82 Å². The molecule has 192 valence electrons. The maximum atomic E-state index is 13.7. The second-order valence-corrected chi connectivity index (χ2v) is 7.43. The topological polar surface area (TPSA) is 126 Å². The summed E-state index contributed by atoms with van der Waals surface area (Å²) in [6.07, 6.45) is -7.81. The van der Waals surface area contributed by atoms with E-state index in [0.717, 1.165) is 6.07 Å². The van der Waals surface area contributed by atoms with Gasteiger partial charge >= 0.3 is 18.3 Å². The Balaban J connectivity index is 0.000000454. The van der Waals surface area contributed by atoms with Crippen molar-refractivity contribution in [2.45, 2.75) is 12.4 Å². The number of fused-ring (bicyclic) bond motifs is 3. The number of rotatable bonds is 4. The van der Waals surface area contributed by atoms with E-state index in [9.17, 15) is 26.3 Å². The van der Waals surface area contributed by atoms with Crippen LogP contribution in [0, 0.1) is 0 Å². The molecule has 0 unspecified atom stereocenters. The SMILES string of the molecule is Cn1ccc2c3c(NCCO)nc(N)nc3cc(-c3ccccc3C(F)(F)F)c21.O=C(O)C(F)(F)F. The summed E-state index contributed by atoms with van der Waals surface area (Å²) in [4.78, 5) is 17.4. The Morgan fingerprint density at radius 1 is 1.08 bits per heavy atom. The van der Waals surface area contributed by atoms with Gasteiger partial charge in [-0.25, -0.2) is 9.78 Å². The first-order valence-corrected chi connectivity index (χ1v) is 10.1. The summed E-state index contributed by atoms with van der Waals surface area (Å²) >= 11 is 0. The molecule has 0 atom stereocenters. The van der Waals surface area contributed by atoms with Crippen molar-refractivity contribution in [1.82, 2.24) is 14.5 Å². The van der Waals surface area contributed by atoms with E-state index in [0.29, 0.717) is 33.2 Å². The van der Waals surface area contributed by atoms with Gasteiger partial charge in [-0.3, -0.25) is 0 Å². The minimum absolute atomic E-state index is 0.0109. The smallest absolute Gasteiger partial charge is 0.475 e. The number of aliphatic hydroxyl groups excluding tert-OH is 1.